The molecule has 0 aliphatic heterocycles. The minimum Gasteiger partial charge on any atom is -0.462 e. The first kappa shape index (κ1) is 12.9. The average Bonchev–Trinajstić information content (AvgIpc) is 2.45. The number of ether oxygens (including phenoxy) is 1. The van der Waals surface area contributed by atoms with Crippen molar-refractivity contribution in [1.82, 2.24) is 0 Å². The summed E-state index contributed by atoms with van der Waals surface area (Å²) in [5, 5.41) is 0. The zero-order valence-corrected chi connectivity index (χ0v) is 11.7. The van der Waals surface area contributed by atoms with Gasteiger partial charge in [-0.05, 0) is 37.0 Å². The first-order chi connectivity index (χ1) is 7.98. The van der Waals surface area contributed by atoms with Crippen molar-refractivity contribution in [3.05, 3.63) is 0 Å². The molecule has 2 heteroatoms. The minimum absolute atomic E-state index is 0.0221. The smallest absolute Gasteiger partial charge is 0.305 e. The van der Waals surface area contributed by atoms with Crippen molar-refractivity contribution >= 4 is 5.97 Å². The summed E-state index contributed by atoms with van der Waals surface area (Å²) < 4.78 is 5.77. The highest BCUT2D eigenvalue weighted by atomic mass is 16.5. The molecule has 2 aliphatic carbocycles. The summed E-state index contributed by atoms with van der Waals surface area (Å²) in [4.78, 5) is 11.6. The van der Waals surface area contributed by atoms with Crippen molar-refractivity contribution in [1.29, 1.82) is 0 Å². The normalized spacial score (nSPS) is 39.1. The lowest BCUT2D eigenvalue weighted by atomic mass is 9.56. The first-order valence-electron chi connectivity index (χ1n) is 7.17. The summed E-state index contributed by atoms with van der Waals surface area (Å²) in [5.74, 6) is 0.719. The van der Waals surface area contributed by atoms with Crippen LogP contribution >= 0.6 is 0 Å². The van der Waals surface area contributed by atoms with Gasteiger partial charge in [-0.1, -0.05) is 34.1 Å². The van der Waals surface area contributed by atoms with E-state index in [2.05, 4.69) is 20.8 Å². The standard InChI is InChI=1S/C15H26O2/c1-5-13(16)17-12-10-11-8-7-9-15(12,6-2)14(11,3)4/h11-12H,5-10H2,1-4H3. The van der Waals surface area contributed by atoms with Crippen LogP contribution in [0.15, 0.2) is 0 Å². The third-order valence-corrected chi connectivity index (χ3v) is 5.79. The van der Waals surface area contributed by atoms with Gasteiger partial charge in [0.15, 0.2) is 0 Å². The molecule has 0 N–H and O–H groups in total. The van der Waals surface area contributed by atoms with Crippen molar-refractivity contribution in [2.24, 2.45) is 16.7 Å². The molecule has 0 aromatic rings. The van der Waals surface area contributed by atoms with E-state index in [-0.39, 0.29) is 17.5 Å². The Morgan fingerprint density at radius 2 is 2.06 bits per heavy atom. The zero-order chi connectivity index (χ0) is 12.7. The van der Waals surface area contributed by atoms with Gasteiger partial charge in [-0.25, -0.2) is 0 Å². The van der Waals surface area contributed by atoms with Gasteiger partial charge in [0.25, 0.3) is 0 Å². The summed E-state index contributed by atoms with van der Waals surface area (Å²) >= 11 is 0. The monoisotopic (exact) mass is 238 g/mol. The van der Waals surface area contributed by atoms with Crippen LogP contribution in [0.3, 0.4) is 0 Å². The lowest BCUT2D eigenvalue weighted by molar-refractivity contribution is -0.158. The van der Waals surface area contributed by atoms with Crippen molar-refractivity contribution < 1.29 is 9.53 Å². The summed E-state index contributed by atoms with van der Waals surface area (Å²) in [6.07, 6.45) is 6.75. The Labute approximate surface area is 105 Å². The molecule has 98 valence electrons. The first-order valence-corrected chi connectivity index (χ1v) is 7.17. The van der Waals surface area contributed by atoms with Crippen LogP contribution in [0.25, 0.3) is 0 Å². The van der Waals surface area contributed by atoms with Gasteiger partial charge in [-0.3, -0.25) is 4.79 Å². The second kappa shape index (κ2) is 4.29. The molecule has 2 fully saturated rings. The lowest BCUT2D eigenvalue weighted by Crippen LogP contribution is -2.45. The highest BCUT2D eigenvalue weighted by Crippen LogP contribution is 2.65. The Morgan fingerprint density at radius 3 is 2.65 bits per heavy atom. The van der Waals surface area contributed by atoms with Gasteiger partial charge in [0.1, 0.15) is 6.10 Å². The molecule has 2 rings (SSSR count). The van der Waals surface area contributed by atoms with Crippen LogP contribution in [-0.4, -0.2) is 12.1 Å². The fraction of sp³-hybridized carbons (Fsp3) is 0.933. The van der Waals surface area contributed by atoms with E-state index in [1.54, 1.807) is 0 Å². The van der Waals surface area contributed by atoms with Gasteiger partial charge < -0.3 is 4.74 Å². The molecular formula is C15H26O2. The Hall–Kier alpha value is -0.530. The largest absolute Gasteiger partial charge is 0.462 e. The van der Waals surface area contributed by atoms with E-state index < -0.39 is 0 Å². The minimum atomic E-state index is -0.0221. The van der Waals surface area contributed by atoms with E-state index in [9.17, 15) is 4.79 Å². The average molecular weight is 238 g/mol. The highest BCUT2D eigenvalue weighted by molar-refractivity contribution is 5.69. The molecule has 0 aromatic heterocycles. The van der Waals surface area contributed by atoms with Crippen molar-refractivity contribution in [2.75, 3.05) is 0 Å². The fourth-order valence-electron chi connectivity index (χ4n) is 4.49. The molecule has 0 radical (unpaired) electrons. The van der Waals surface area contributed by atoms with Crippen LogP contribution in [0.4, 0.5) is 0 Å². The fourth-order valence-corrected chi connectivity index (χ4v) is 4.49. The molecule has 0 heterocycles. The molecule has 3 unspecified atom stereocenters. The van der Waals surface area contributed by atoms with Gasteiger partial charge in [0, 0.05) is 11.8 Å². The maximum absolute atomic E-state index is 11.6. The summed E-state index contributed by atoms with van der Waals surface area (Å²) in [7, 11) is 0. The van der Waals surface area contributed by atoms with E-state index in [0.29, 0.717) is 11.8 Å². The van der Waals surface area contributed by atoms with Gasteiger partial charge in [-0.2, -0.15) is 0 Å². The predicted molar refractivity (Wildman–Crippen MR) is 68.6 cm³/mol. The van der Waals surface area contributed by atoms with Crippen molar-refractivity contribution in [3.63, 3.8) is 0 Å². The Morgan fingerprint density at radius 1 is 1.35 bits per heavy atom. The number of carbonyl (C=O) groups is 1. The van der Waals surface area contributed by atoms with Crippen molar-refractivity contribution in [3.8, 4) is 0 Å². The highest BCUT2D eigenvalue weighted by Gasteiger charge is 2.61. The zero-order valence-electron chi connectivity index (χ0n) is 11.7. The molecule has 0 saturated heterocycles. The third kappa shape index (κ3) is 1.71. The molecule has 17 heavy (non-hydrogen) atoms. The number of hydrogen-bond acceptors (Lipinski definition) is 2. The van der Waals surface area contributed by atoms with E-state index in [4.69, 9.17) is 4.74 Å². The molecular weight excluding hydrogens is 212 g/mol. The third-order valence-electron chi connectivity index (χ3n) is 5.79. The van der Waals surface area contributed by atoms with Crippen LogP contribution in [0, 0.1) is 16.7 Å². The van der Waals surface area contributed by atoms with Crippen molar-refractivity contribution in [2.45, 2.75) is 72.3 Å². The predicted octanol–water partition coefficient (Wildman–Crippen LogP) is 3.93. The molecule has 2 aliphatic rings. The molecule has 2 nitrogen and oxygen atoms in total. The lowest BCUT2D eigenvalue weighted by Gasteiger charge is -2.49. The van der Waals surface area contributed by atoms with Crippen LogP contribution in [0.2, 0.25) is 0 Å². The number of hydrogen-bond donors (Lipinski definition) is 0. The van der Waals surface area contributed by atoms with Crippen LogP contribution in [0.1, 0.15) is 66.2 Å². The second-order valence-corrected chi connectivity index (χ2v) is 6.39. The van der Waals surface area contributed by atoms with E-state index in [1.807, 2.05) is 6.92 Å². The molecule has 0 amide bonds. The maximum Gasteiger partial charge on any atom is 0.305 e. The van der Waals surface area contributed by atoms with E-state index in [1.165, 1.54) is 19.3 Å². The van der Waals surface area contributed by atoms with Gasteiger partial charge in [-0.15, -0.1) is 0 Å². The Kier molecular flexibility index (Phi) is 3.26. The Balaban J connectivity index is 2.26. The summed E-state index contributed by atoms with van der Waals surface area (Å²) in [6.45, 7) is 8.93. The maximum atomic E-state index is 11.6. The van der Waals surface area contributed by atoms with Gasteiger partial charge in [0.2, 0.25) is 0 Å². The van der Waals surface area contributed by atoms with Crippen LogP contribution in [-0.2, 0) is 9.53 Å². The number of esters is 1. The number of rotatable bonds is 3. The molecule has 3 atom stereocenters. The number of carbonyl (C=O) groups excluding carboxylic acids is 1. The van der Waals surface area contributed by atoms with Crippen LogP contribution < -0.4 is 0 Å². The molecule has 0 spiro atoms. The number of fused-ring (bicyclic) bond motifs is 2. The molecule has 0 aromatic carbocycles. The van der Waals surface area contributed by atoms with E-state index in [0.717, 1.165) is 18.8 Å². The summed E-state index contributed by atoms with van der Waals surface area (Å²) in [6, 6.07) is 0. The van der Waals surface area contributed by atoms with Gasteiger partial charge >= 0.3 is 5.97 Å². The van der Waals surface area contributed by atoms with E-state index >= 15 is 0 Å². The van der Waals surface area contributed by atoms with Gasteiger partial charge in [0.05, 0.1) is 0 Å². The molecule has 2 saturated carbocycles. The topological polar surface area (TPSA) is 26.3 Å². The molecule has 2 bridgehead atoms. The summed E-state index contributed by atoms with van der Waals surface area (Å²) in [5.41, 5.74) is 0.569. The second-order valence-electron chi connectivity index (χ2n) is 6.39. The SMILES string of the molecule is CCC(=O)OC1CC2CCCC1(CC)C2(C)C. The van der Waals surface area contributed by atoms with Crippen LogP contribution in [0.5, 0.6) is 0 Å². The Bertz CT molecular complexity index is 308. The quantitative estimate of drug-likeness (QED) is 0.696.